The number of hydrogen-bond acceptors (Lipinski definition) is 3. The Morgan fingerprint density at radius 2 is 1.69 bits per heavy atom. The topological polar surface area (TPSA) is 42.4 Å². The third-order valence-corrected chi connectivity index (χ3v) is 5.43. The second-order valence-corrected chi connectivity index (χ2v) is 8.53. The van der Waals surface area contributed by atoms with Crippen molar-refractivity contribution in [2.75, 3.05) is 0 Å². The molecule has 4 heteroatoms. The van der Waals surface area contributed by atoms with E-state index in [0.29, 0.717) is 12.4 Å². The molecule has 1 N–H and O–H groups in total. The summed E-state index contributed by atoms with van der Waals surface area (Å²) in [6.07, 6.45) is 3.99. The fourth-order valence-corrected chi connectivity index (χ4v) is 3.95. The smallest absolute Gasteiger partial charge is 0.130 e. The summed E-state index contributed by atoms with van der Waals surface area (Å²) in [6.45, 7) is 10.5. The van der Waals surface area contributed by atoms with E-state index in [2.05, 4.69) is 27.7 Å². The third kappa shape index (κ3) is 5.08. The molecule has 168 valence electrons. The van der Waals surface area contributed by atoms with Gasteiger partial charge in [0, 0.05) is 34.0 Å². The molecule has 3 nitrogen and oxygen atoms in total. The normalized spacial score (nSPS) is 11.7. The Balaban J connectivity index is 2.28. The monoisotopic (exact) mass is 433 g/mol. The molecule has 0 radical (unpaired) electrons. The number of nitrogens with zero attached hydrogens (tertiary/aromatic N) is 1. The van der Waals surface area contributed by atoms with Crippen LogP contribution in [-0.2, 0) is 13.2 Å². The second kappa shape index (κ2) is 10.6. The van der Waals surface area contributed by atoms with Crippen molar-refractivity contribution in [3.63, 3.8) is 0 Å². The molecule has 0 saturated carbocycles. The number of aliphatic hydroxyl groups excluding tert-OH is 1. The van der Waals surface area contributed by atoms with Crippen molar-refractivity contribution < 1.29 is 14.2 Å². The lowest BCUT2D eigenvalue weighted by atomic mass is 9.87. The molecule has 0 aliphatic carbocycles. The summed E-state index contributed by atoms with van der Waals surface area (Å²) in [5.41, 5.74) is 6.12. The van der Waals surface area contributed by atoms with Gasteiger partial charge in [0.05, 0.1) is 12.3 Å². The lowest BCUT2D eigenvalue weighted by Gasteiger charge is -2.24. The maximum atomic E-state index is 14.3. The first kappa shape index (κ1) is 23.7. The molecular weight excluding hydrogens is 401 g/mol. The molecule has 0 aliphatic heterocycles. The first-order valence-corrected chi connectivity index (χ1v) is 11.1. The first-order chi connectivity index (χ1) is 15.4. The molecule has 0 saturated heterocycles. The van der Waals surface area contributed by atoms with E-state index in [0.717, 1.165) is 39.2 Å². The fraction of sp³-hybridized carbons (Fsp3) is 0.321. The molecule has 0 unspecified atom stereocenters. The Morgan fingerprint density at radius 1 is 1.00 bits per heavy atom. The van der Waals surface area contributed by atoms with Crippen molar-refractivity contribution >= 4 is 6.08 Å². The molecule has 3 rings (SSSR count). The van der Waals surface area contributed by atoms with E-state index in [1.54, 1.807) is 6.07 Å². The lowest BCUT2D eigenvalue weighted by Crippen LogP contribution is -2.11. The third-order valence-electron chi connectivity index (χ3n) is 5.43. The van der Waals surface area contributed by atoms with E-state index in [9.17, 15) is 9.50 Å². The van der Waals surface area contributed by atoms with E-state index in [1.807, 2.05) is 49.4 Å². The SMILES string of the molecule is CC=Cc1c(C(C)C)nc(C(C)C)c(CO)c1-c1ccc(F)cc1OCc1ccccc1. The predicted octanol–water partition coefficient (Wildman–Crippen LogP) is 7.24. The molecule has 0 spiro atoms. The minimum atomic E-state index is -0.364. The van der Waals surface area contributed by atoms with Gasteiger partial charge in [-0.2, -0.15) is 0 Å². The van der Waals surface area contributed by atoms with Gasteiger partial charge in [-0.05, 0) is 36.5 Å². The Bertz CT molecular complexity index is 1090. The van der Waals surface area contributed by atoms with Crippen molar-refractivity contribution in [3.8, 4) is 16.9 Å². The highest BCUT2D eigenvalue weighted by Crippen LogP contribution is 2.41. The highest BCUT2D eigenvalue weighted by Gasteiger charge is 2.24. The summed E-state index contributed by atoms with van der Waals surface area (Å²) in [5.74, 6) is 0.392. The Labute approximate surface area is 190 Å². The summed E-state index contributed by atoms with van der Waals surface area (Å²) < 4.78 is 20.4. The summed E-state index contributed by atoms with van der Waals surface area (Å²) in [4.78, 5) is 4.96. The Hall–Kier alpha value is -2.98. The van der Waals surface area contributed by atoms with Crippen LogP contribution in [-0.4, -0.2) is 10.1 Å². The van der Waals surface area contributed by atoms with Crippen LogP contribution in [0.2, 0.25) is 0 Å². The second-order valence-electron chi connectivity index (χ2n) is 8.53. The number of hydrogen-bond donors (Lipinski definition) is 1. The van der Waals surface area contributed by atoms with Gasteiger partial charge in [-0.15, -0.1) is 0 Å². The minimum absolute atomic E-state index is 0.127. The van der Waals surface area contributed by atoms with Crippen LogP contribution in [0.25, 0.3) is 17.2 Å². The fourth-order valence-electron chi connectivity index (χ4n) is 3.95. The molecule has 0 amide bonds. The number of aromatic nitrogens is 1. The molecule has 2 aromatic carbocycles. The predicted molar refractivity (Wildman–Crippen MR) is 129 cm³/mol. The van der Waals surface area contributed by atoms with Crippen molar-refractivity contribution in [3.05, 3.63) is 88.5 Å². The van der Waals surface area contributed by atoms with Crippen LogP contribution < -0.4 is 4.74 Å². The number of aliphatic hydroxyl groups is 1. The standard InChI is InChI=1S/C28H32FNO2/c1-6-10-23-26(24(16-31)28(19(4)5)30-27(23)18(2)3)22-14-13-21(29)15-25(22)32-17-20-11-8-7-9-12-20/h6-15,18-19,31H,16-17H2,1-5H3. The van der Waals surface area contributed by atoms with Crippen LogP contribution in [0.3, 0.4) is 0 Å². The maximum Gasteiger partial charge on any atom is 0.130 e. The van der Waals surface area contributed by atoms with Gasteiger partial charge in [-0.25, -0.2) is 4.39 Å². The van der Waals surface area contributed by atoms with E-state index < -0.39 is 0 Å². The van der Waals surface area contributed by atoms with Crippen molar-refractivity contribution in [2.45, 2.75) is 59.7 Å². The number of rotatable bonds is 8. The summed E-state index contributed by atoms with van der Waals surface area (Å²) in [6, 6.07) is 14.4. The van der Waals surface area contributed by atoms with Gasteiger partial charge in [-0.3, -0.25) is 4.98 Å². The van der Waals surface area contributed by atoms with Crippen LogP contribution in [0.4, 0.5) is 4.39 Å². The van der Waals surface area contributed by atoms with Crippen LogP contribution in [0.5, 0.6) is 5.75 Å². The van der Waals surface area contributed by atoms with Gasteiger partial charge in [0.15, 0.2) is 0 Å². The van der Waals surface area contributed by atoms with Crippen LogP contribution in [0.15, 0.2) is 54.6 Å². The highest BCUT2D eigenvalue weighted by molar-refractivity contribution is 5.83. The zero-order chi connectivity index (χ0) is 23.3. The zero-order valence-electron chi connectivity index (χ0n) is 19.5. The molecule has 32 heavy (non-hydrogen) atoms. The Kier molecular flexibility index (Phi) is 7.81. The van der Waals surface area contributed by atoms with Gasteiger partial charge in [0.25, 0.3) is 0 Å². The number of pyridine rings is 1. The molecule has 1 heterocycles. The molecule has 3 aromatic rings. The van der Waals surface area contributed by atoms with Gasteiger partial charge < -0.3 is 9.84 Å². The zero-order valence-corrected chi connectivity index (χ0v) is 19.5. The molecule has 0 aliphatic rings. The first-order valence-electron chi connectivity index (χ1n) is 11.1. The van der Waals surface area contributed by atoms with Crippen molar-refractivity contribution in [1.82, 2.24) is 4.98 Å². The van der Waals surface area contributed by atoms with E-state index in [-0.39, 0.29) is 24.3 Å². The van der Waals surface area contributed by atoms with E-state index in [4.69, 9.17) is 9.72 Å². The number of allylic oxidation sites excluding steroid dienone is 1. The van der Waals surface area contributed by atoms with Gasteiger partial charge in [0.2, 0.25) is 0 Å². The molecule has 0 bridgehead atoms. The van der Waals surface area contributed by atoms with Gasteiger partial charge >= 0.3 is 0 Å². The van der Waals surface area contributed by atoms with Crippen LogP contribution in [0.1, 0.15) is 74.5 Å². The molecular formula is C28H32FNO2. The number of ether oxygens (including phenoxy) is 1. The average molecular weight is 434 g/mol. The van der Waals surface area contributed by atoms with E-state index in [1.165, 1.54) is 12.1 Å². The molecule has 0 atom stereocenters. The lowest BCUT2D eigenvalue weighted by molar-refractivity contribution is 0.279. The molecule has 0 fully saturated rings. The van der Waals surface area contributed by atoms with Gasteiger partial charge in [0.1, 0.15) is 18.2 Å². The van der Waals surface area contributed by atoms with Crippen LogP contribution >= 0.6 is 0 Å². The number of benzene rings is 2. The van der Waals surface area contributed by atoms with Crippen molar-refractivity contribution in [1.29, 1.82) is 0 Å². The maximum absolute atomic E-state index is 14.3. The van der Waals surface area contributed by atoms with Crippen LogP contribution in [0, 0.1) is 5.82 Å². The highest BCUT2D eigenvalue weighted by atomic mass is 19.1. The van der Waals surface area contributed by atoms with Gasteiger partial charge in [-0.1, -0.05) is 70.2 Å². The van der Waals surface area contributed by atoms with E-state index >= 15 is 0 Å². The largest absolute Gasteiger partial charge is 0.488 e. The Morgan fingerprint density at radius 3 is 2.28 bits per heavy atom. The summed E-state index contributed by atoms with van der Waals surface area (Å²) in [5, 5.41) is 10.4. The summed E-state index contributed by atoms with van der Waals surface area (Å²) in [7, 11) is 0. The van der Waals surface area contributed by atoms with Crippen molar-refractivity contribution in [2.24, 2.45) is 0 Å². The summed E-state index contributed by atoms with van der Waals surface area (Å²) >= 11 is 0. The quantitative estimate of drug-likeness (QED) is 0.407. The average Bonchev–Trinajstić information content (AvgIpc) is 2.78. The minimum Gasteiger partial charge on any atom is -0.488 e. The molecule has 1 aromatic heterocycles. The number of halogens is 1.